The molecule has 2 fully saturated rings. The number of carbonyl (C=O) groups excluding carboxylic acids is 2. The lowest BCUT2D eigenvalue weighted by atomic mass is 9.82. The molecule has 0 aliphatic heterocycles. The molecule has 0 saturated heterocycles. The molecule has 0 unspecified atom stereocenters. The van der Waals surface area contributed by atoms with Gasteiger partial charge >= 0.3 is 0 Å². The third-order valence-corrected chi connectivity index (χ3v) is 5.56. The molecule has 1 aromatic rings. The molecular formula is C15H15BrO2. The molecule has 0 N–H and O–H groups in total. The van der Waals surface area contributed by atoms with Crippen LogP contribution in [-0.2, 0) is 9.59 Å². The highest BCUT2D eigenvalue weighted by atomic mass is 79.9. The molecule has 2 aliphatic rings. The van der Waals surface area contributed by atoms with Crippen LogP contribution in [0.2, 0.25) is 0 Å². The van der Waals surface area contributed by atoms with Crippen LogP contribution >= 0.6 is 15.9 Å². The Morgan fingerprint density at radius 3 is 2.28 bits per heavy atom. The van der Waals surface area contributed by atoms with E-state index in [0.717, 1.165) is 16.3 Å². The Hall–Kier alpha value is -0.960. The number of ketones is 1. The van der Waals surface area contributed by atoms with E-state index in [1.54, 1.807) is 0 Å². The summed E-state index contributed by atoms with van der Waals surface area (Å²) >= 11 is 3.40. The quantitative estimate of drug-likeness (QED) is 0.786. The van der Waals surface area contributed by atoms with Crippen LogP contribution in [0, 0.1) is 23.2 Å². The second-order valence-corrected chi connectivity index (χ2v) is 6.52. The fourth-order valence-corrected chi connectivity index (χ4v) is 4.04. The summed E-state index contributed by atoms with van der Waals surface area (Å²) in [5.74, 6) is 0.457. The molecule has 5 atom stereocenters. The molecule has 2 nitrogen and oxygen atoms in total. The van der Waals surface area contributed by atoms with Gasteiger partial charge in [-0.2, -0.15) is 0 Å². The summed E-state index contributed by atoms with van der Waals surface area (Å²) in [6, 6.07) is 7.98. The van der Waals surface area contributed by atoms with Gasteiger partial charge in [0.15, 0.2) is 0 Å². The van der Waals surface area contributed by atoms with Crippen molar-refractivity contribution in [3.8, 4) is 0 Å². The van der Waals surface area contributed by atoms with Crippen molar-refractivity contribution in [3.63, 3.8) is 0 Å². The highest BCUT2D eigenvalue weighted by molar-refractivity contribution is 9.10. The van der Waals surface area contributed by atoms with Crippen LogP contribution in [0.3, 0.4) is 0 Å². The largest absolute Gasteiger partial charge is 0.303 e. The summed E-state index contributed by atoms with van der Waals surface area (Å²) < 4.78 is 1.02. The fraction of sp³-hybridized carbons (Fsp3) is 0.467. The third kappa shape index (κ3) is 1.28. The number of carbonyl (C=O) groups is 2. The van der Waals surface area contributed by atoms with E-state index in [9.17, 15) is 9.59 Å². The normalized spacial score (nSPS) is 41.6. The van der Waals surface area contributed by atoms with Crippen LogP contribution < -0.4 is 0 Å². The molecule has 0 aromatic heterocycles. The first-order valence-electron chi connectivity index (χ1n) is 6.29. The number of rotatable bonds is 2. The highest BCUT2D eigenvalue weighted by Gasteiger charge is 2.76. The van der Waals surface area contributed by atoms with Gasteiger partial charge < -0.3 is 4.79 Å². The predicted octanol–water partition coefficient (Wildman–Crippen LogP) is 3.20. The standard InChI is InChI=1S/C15H15BrO2/c1-8-9(2)15(7-17)12(13(15)14(8)18)10-3-5-11(16)6-4-10/h3-9,12-13H,1-2H3/t8-,9+,12-,13+,15+/m0/s1. The maximum absolute atomic E-state index is 12.2. The van der Waals surface area contributed by atoms with Crippen molar-refractivity contribution in [2.75, 3.05) is 0 Å². The number of fused-ring (bicyclic) bond motifs is 1. The number of hydrogen-bond donors (Lipinski definition) is 0. The second-order valence-electron chi connectivity index (χ2n) is 5.60. The molecule has 3 rings (SSSR count). The summed E-state index contributed by atoms with van der Waals surface area (Å²) in [6.45, 7) is 3.98. The average molecular weight is 307 g/mol. The van der Waals surface area contributed by atoms with Gasteiger partial charge in [-0.3, -0.25) is 4.79 Å². The van der Waals surface area contributed by atoms with Gasteiger partial charge in [-0.1, -0.05) is 41.9 Å². The van der Waals surface area contributed by atoms with E-state index in [1.165, 1.54) is 0 Å². The number of aldehydes is 1. The summed E-state index contributed by atoms with van der Waals surface area (Å²) in [4.78, 5) is 23.8. The lowest BCUT2D eigenvalue weighted by molar-refractivity contribution is -0.122. The number of halogens is 1. The van der Waals surface area contributed by atoms with Crippen molar-refractivity contribution in [1.82, 2.24) is 0 Å². The van der Waals surface area contributed by atoms with E-state index in [1.807, 2.05) is 38.1 Å². The molecule has 18 heavy (non-hydrogen) atoms. The third-order valence-electron chi connectivity index (χ3n) is 5.03. The van der Waals surface area contributed by atoms with Gasteiger partial charge in [-0.05, 0) is 23.6 Å². The maximum atomic E-state index is 12.2. The van der Waals surface area contributed by atoms with Crippen LogP contribution in [-0.4, -0.2) is 12.1 Å². The maximum Gasteiger partial charge on any atom is 0.140 e. The Balaban J connectivity index is 2.01. The lowest BCUT2D eigenvalue weighted by Gasteiger charge is -2.20. The van der Waals surface area contributed by atoms with E-state index in [2.05, 4.69) is 15.9 Å². The SMILES string of the molecule is C[C@@H]1C(=O)[C@H]2[C@H](c3ccc(Br)cc3)[C@@]2(C=O)[C@@H]1C. The molecule has 2 aliphatic carbocycles. The molecule has 3 heteroatoms. The first kappa shape index (κ1) is 12.1. The lowest BCUT2D eigenvalue weighted by Crippen LogP contribution is -2.22. The van der Waals surface area contributed by atoms with Crippen LogP contribution in [0.1, 0.15) is 25.3 Å². The van der Waals surface area contributed by atoms with Gasteiger partial charge in [0.2, 0.25) is 0 Å². The topological polar surface area (TPSA) is 34.1 Å². The van der Waals surface area contributed by atoms with Crippen molar-refractivity contribution in [2.24, 2.45) is 23.2 Å². The molecule has 0 heterocycles. The molecule has 1 aromatic carbocycles. The predicted molar refractivity (Wildman–Crippen MR) is 72.2 cm³/mol. The van der Waals surface area contributed by atoms with E-state index in [4.69, 9.17) is 0 Å². The van der Waals surface area contributed by atoms with Crippen molar-refractivity contribution < 1.29 is 9.59 Å². The van der Waals surface area contributed by atoms with Crippen molar-refractivity contribution in [2.45, 2.75) is 19.8 Å². The van der Waals surface area contributed by atoms with E-state index in [-0.39, 0.29) is 29.5 Å². The highest BCUT2D eigenvalue weighted by Crippen LogP contribution is 2.73. The van der Waals surface area contributed by atoms with Crippen LogP contribution in [0.15, 0.2) is 28.7 Å². The minimum absolute atomic E-state index is 0.0203. The van der Waals surface area contributed by atoms with Crippen LogP contribution in [0.4, 0.5) is 0 Å². The summed E-state index contributed by atoms with van der Waals surface area (Å²) in [5.41, 5.74) is 0.687. The molecule has 0 amide bonds. The van der Waals surface area contributed by atoms with Crippen molar-refractivity contribution in [1.29, 1.82) is 0 Å². The Morgan fingerprint density at radius 2 is 1.78 bits per heavy atom. The summed E-state index contributed by atoms with van der Waals surface area (Å²) in [6.07, 6.45) is 1.04. The van der Waals surface area contributed by atoms with E-state index < -0.39 is 5.41 Å². The Kier molecular flexibility index (Phi) is 2.53. The van der Waals surface area contributed by atoms with Gasteiger partial charge in [0.25, 0.3) is 0 Å². The number of hydrogen-bond acceptors (Lipinski definition) is 2. The van der Waals surface area contributed by atoms with E-state index in [0.29, 0.717) is 0 Å². The number of benzene rings is 1. The smallest absolute Gasteiger partial charge is 0.140 e. The molecule has 0 radical (unpaired) electrons. The van der Waals surface area contributed by atoms with Gasteiger partial charge in [0, 0.05) is 27.6 Å². The van der Waals surface area contributed by atoms with Gasteiger partial charge in [0.05, 0.1) is 0 Å². The monoisotopic (exact) mass is 306 g/mol. The fourth-order valence-electron chi connectivity index (χ4n) is 3.77. The van der Waals surface area contributed by atoms with Crippen LogP contribution in [0.5, 0.6) is 0 Å². The second kappa shape index (κ2) is 3.77. The zero-order valence-electron chi connectivity index (χ0n) is 10.4. The molecule has 94 valence electrons. The van der Waals surface area contributed by atoms with Crippen LogP contribution in [0.25, 0.3) is 0 Å². The molecule has 2 saturated carbocycles. The van der Waals surface area contributed by atoms with E-state index >= 15 is 0 Å². The first-order valence-corrected chi connectivity index (χ1v) is 7.09. The Morgan fingerprint density at radius 1 is 1.17 bits per heavy atom. The minimum Gasteiger partial charge on any atom is -0.303 e. The van der Waals surface area contributed by atoms with Gasteiger partial charge in [0.1, 0.15) is 12.1 Å². The number of Topliss-reactive ketones (excluding diaryl/α,β-unsaturated/α-hetero) is 1. The molecule has 0 spiro atoms. The summed E-state index contributed by atoms with van der Waals surface area (Å²) in [5, 5.41) is 0. The minimum atomic E-state index is -0.426. The van der Waals surface area contributed by atoms with Gasteiger partial charge in [-0.25, -0.2) is 0 Å². The Labute approximate surface area is 115 Å². The average Bonchev–Trinajstić information content (AvgIpc) is 3.02. The van der Waals surface area contributed by atoms with Crippen molar-refractivity contribution >= 4 is 28.0 Å². The first-order chi connectivity index (χ1) is 8.54. The Bertz CT molecular complexity index is 522. The van der Waals surface area contributed by atoms with Gasteiger partial charge in [-0.15, -0.1) is 0 Å². The zero-order chi connectivity index (χ0) is 13.1. The molecule has 0 bridgehead atoms. The summed E-state index contributed by atoms with van der Waals surface area (Å²) in [7, 11) is 0. The van der Waals surface area contributed by atoms with Crippen molar-refractivity contribution in [3.05, 3.63) is 34.3 Å². The molecular weight excluding hydrogens is 292 g/mol. The zero-order valence-corrected chi connectivity index (χ0v) is 12.0.